The zero-order valence-corrected chi connectivity index (χ0v) is 18.6. The van der Waals surface area contributed by atoms with Crippen LogP contribution in [0.15, 0.2) is 53.3 Å². The molecule has 0 aliphatic carbocycles. The van der Waals surface area contributed by atoms with Crippen molar-refractivity contribution in [3.8, 4) is 17.2 Å². The van der Waals surface area contributed by atoms with Crippen LogP contribution in [0, 0.1) is 6.92 Å². The Bertz CT molecular complexity index is 1180. The van der Waals surface area contributed by atoms with Gasteiger partial charge in [-0.25, -0.2) is 4.68 Å². The highest BCUT2D eigenvalue weighted by Gasteiger charge is 2.17. The standard InChI is InChI=1S/C23H24ClN3O4/c1-5-31-19-14-16(13-18(24)22(19)30-4)11-12-20(28)25-21-15(2)26(3)27(23(21)29)17-9-7-6-8-10-17/h6-14H,5H2,1-4H3,(H,25,28)/b12-11+. The fourth-order valence-corrected chi connectivity index (χ4v) is 3.49. The van der Waals surface area contributed by atoms with Gasteiger partial charge in [-0.3, -0.25) is 14.3 Å². The van der Waals surface area contributed by atoms with Crippen molar-refractivity contribution in [2.24, 2.45) is 7.05 Å². The second-order valence-electron chi connectivity index (χ2n) is 6.73. The van der Waals surface area contributed by atoms with Crippen LogP contribution in [0.2, 0.25) is 5.02 Å². The van der Waals surface area contributed by atoms with Gasteiger partial charge in [0, 0.05) is 13.1 Å². The SMILES string of the molecule is CCOc1cc(/C=C/C(=O)Nc2c(C)n(C)n(-c3ccccc3)c2=O)cc(Cl)c1OC. The van der Waals surface area contributed by atoms with Crippen molar-refractivity contribution in [3.05, 3.63) is 75.2 Å². The van der Waals surface area contributed by atoms with Gasteiger partial charge < -0.3 is 14.8 Å². The van der Waals surface area contributed by atoms with Crippen LogP contribution in [-0.4, -0.2) is 29.0 Å². The third-order valence-corrected chi connectivity index (χ3v) is 5.05. The van der Waals surface area contributed by atoms with Crippen LogP contribution in [0.5, 0.6) is 11.5 Å². The number of benzene rings is 2. The monoisotopic (exact) mass is 441 g/mol. The fourth-order valence-electron chi connectivity index (χ4n) is 3.19. The number of nitrogens with one attached hydrogen (secondary N) is 1. The first-order valence-electron chi connectivity index (χ1n) is 9.70. The molecule has 0 saturated carbocycles. The van der Waals surface area contributed by atoms with Crippen molar-refractivity contribution in [1.29, 1.82) is 0 Å². The topological polar surface area (TPSA) is 74.5 Å². The summed E-state index contributed by atoms with van der Waals surface area (Å²) in [6, 6.07) is 12.6. The average molecular weight is 442 g/mol. The van der Waals surface area contributed by atoms with Gasteiger partial charge in [-0.15, -0.1) is 0 Å². The molecule has 0 aliphatic heterocycles. The van der Waals surface area contributed by atoms with Crippen molar-refractivity contribution in [3.63, 3.8) is 0 Å². The molecular formula is C23H24ClN3O4. The van der Waals surface area contributed by atoms with E-state index < -0.39 is 5.91 Å². The summed E-state index contributed by atoms with van der Waals surface area (Å²) in [4.78, 5) is 25.4. The number of anilines is 1. The highest BCUT2D eigenvalue weighted by molar-refractivity contribution is 6.32. The number of para-hydroxylation sites is 1. The van der Waals surface area contributed by atoms with E-state index in [1.54, 1.807) is 36.9 Å². The number of methoxy groups -OCH3 is 1. The molecule has 1 heterocycles. The Labute approximate surface area is 185 Å². The number of hydrogen-bond acceptors (Lipinski definition) is 4. The average Bonchev–Trinajstić information content (AvgIpc) is 2.96. The molecule has 0 radical (unpaired) electrons. The molecule has 0 spiro atoms. The summed E-state index contributed by atoms with van der Waals surface area (Å²) >= 11 is 6.25. The molecule has 1 amide bonds. The van der Waals surface area contributed by atoms with E-state index in [1.165, 1.54) is 17.9 Å². The number of nitrogens with zero attached hydrogens (tertiary/aromatic N) is 2. The number of ether oxygens (including phenoxy) is 2. The summed E-state index contributed by atoms with van der Waals surface area (Å²) in [6.45, 7) is 4.08. The van der Waals surface area contributed by atoms with Gasteiger partial charge in [0.15, 0.2) is 11.5 Å². The Morgan fingerprint density at radius 3 is 2.58 bits per heavy atom. The molecule has 1 N–H and O–H groups in total. The minimum absolute atomic E-state index is 0.226. The van der Waals surface area contributed by atoms with Gasteiger partial charge in [0.25, 0.3) is 5.56 Å². The number of halogens is 1. The van der Waals surface area contributed by atoms with Gasteiger partial charge in [-0.1, -0.05) is 29.8 Å². The van der Waals surface area contributed by atoms with Crippen LogP contribution in [0.1, 0.15) is 18.2 Å². The maximum Gasteiger partial charge on any atom is 0.295 e. The number of amides is 1. The first-order valence-corrected chi connectivity index (χ1v) is 10.1. The van der Waals surface area contributed by atoms with Crippen molar-refractivity contribution in [2.45, 2.75) is 13.8 Å². The molecule has 0 atom stereocenters. The molecular weight excluding hydrogens is 418 g/mol. The molecule has 0 aliphatic rings. The smallest absolute Gasteiger partial charge is 0.295 e. The minimum Gasteiger partial charge on any atom is -0.491 e. The van der Waals surface area contributed by atoms with Gasteiger partial charge in [-0.05, 0) is 49.8 Å². The van der Waals surface area contributed by atoms with E-state index in [2.05, 4.69) is 5.32 Å². The van der Waals surface area contributed by atoms with E-state index >= 15 is 0 Å². The van der Waals surface area contributed by atoms with E-state index in [4.69, 9.17) is 21.1 Å². The van der Waals surface area contributed by atoms with E-state index in [0.29, 0.717) is 40.1 Å². The molecule has 1 aromatic heterocycles. The van der Waals surface area contributed by atoms with Gasteiger partial charge >= 0.3 is 0 Å². The molecule has 0 saturated heterocycles. The van der Waals surface area contributed by atoms with Crippen LogP contribution in [0.3, 0.4) is 0 Å². The fraction of sp³-hybridized carbons (Fsp3) is 0.217. The maximum absolute atomic E-state index is 12.9. The Kier molecular flexibility index (Phi) is 6.87. The Balaban J connectivity index is 1.85. The number of carbonyl (C=O) groups excluding carboxylic acids is 1. The lowest BCUT2D eigenvalue weighted by atomic mass is 10.2. The zero-order chi connectivity index (χ0) is 22.5. The molecule has 0 bridgehead atoms. The van der Waals surface area contributed by atoms with Crippen molar-refractivity contribution >= 4 is 29.3 Å². The number of rotatable bonds is 7. The molecule has 162 valence electrons. The zero-order valence-electron chi connectivity index (χ0n) is 17.8. The normalized spacial score (nSPS) is 11.0. The van der Waals surface area contributed by atoms with Gasteiger partial charge in [0.1, 0.15) is 5.69 Å². The highest BCUT2D eigenvalue weighted by atomic mass is 35.5. The molecule has 2 aromatic carbocycles. The molecule has 31 heavy (non-hydrogen) atoms. The predicted octanol–water partition coefficient (Wildman–Crippen LogP) is 4.20. The minimum atomic E-state index is -0.434. The second kappa shape index (κ2) is 9.57. The molecule has 3 aromatic rings. The van der Waals surface area contributed by atoms with Crippen LogP contribution >= 0.6 is 11.6 Å². The summed E-state index contributed by atoms with van der Waals surface area (Å²) in [6.07, 6.45) is 2.93. The van der Waals surface area contributed by atoms with Gasteiger partial charge in [0.05, 0.1) is 30.1 Å². The third-order valence-electron chi connectivity index (χ3n) is 4.77. The largest absolute Gasteiger partial charge is 0.491 e. The maximum atomic E-state index is 12.9. The summed E-state index contributed by atoms with van der Waals surface area (Å²) in [5.41, 5.74) is 1.94. The van der Waals surface area contributed by atoms with E-state index in [-0.39, 0.29) is 11.2 Å². The van der Waals surface area contributed by atoms with Gasteiger partial charge in [-0.2, -0.15) is 0 Å². The van der Waals surface area contributed by atoms with Crippen LogP contribution in [0.4, 0.5) is 5.69 Å². The molecule has 3 rings (SSSR count). The first kappa shape index (κ1) is 22.2. The lowest BCUT2D eigenvalue weighted by Gasteiger charge is -2.11. The van der Waals surface area contributed by atoms with Crippen molar-refractivity contribution in [2.75, 3.05) is 19.0 Å². The Hall–Kier alpha value is -3.45. The first-order chi connectivity index (χ1) is 14.9. The van der Waals surface area contributed by atoms with Crippen LogP contribution < -0.4 is 20.3 Å². The molecule has 8 heteroatoms. The number of aromatic nitrogens is 2. The molecule has 7 nitrogen and oxygen atoms in total. The molecule has 0 fully saturated rings. The van der Waals surface area contributed by atoms with E-state index in [0.717, 1.165) is 0 Å². The lowest BCUT2D eigenvalue weighted by molar-refractivity contribution is -0.111. The van der Waals surface area contributed by atoms with Crippen molar-refractivity contribution in [1.82, 2.24) is 9.36 Å². The summed E-state index contributed by atoms with van der Waals surface area (Å²) < 4.78 is 14.0. The predicted molar refractivity (Wildman–Crippen MR) is 123 cm³/mol. The summed E-state index contributed by atoms with van der Waals surface area (Å²) in [5, 5.41) is 3.06. The lowest BCUT2D eigenvalue weighted by Crippen LogP contribution is -2.22. The highest BCUT2D eigenvalue weighted by Crippen LogP contribution is 2.36. The Morgan fingerprint density at radius 2 is 1.94 bits per heavy atom. The van der Waals surface area contributed by atoms with Crippen LogP contribution in [0.25, 0.3) is 11.8 Å². The van der Waals surface area contributed by atoms with Crippen molar-refractivity contribution < 1.29 is 14.3 Å². The number of hydrogen-bond donors (Lipinski definition) is 1. The third kappa shape index (κ3) is 4.67. The molecule has 0 unspecified atom stereocenters. The van der Waals surface area contributed by atoms with E-state index in [9.17, 15) is 9.59 Å². The summed E-state index contributed by atoms with van der Waals surface area (Å²) in [7, 11) is 3.28. The summed E-state index contributed by atoms with van der Waals surface area (Å²) in [5.74, 6) is 0.490. The van der Waals surface area contributed by atoms with E-state index in [1.807, 2.05) is 37.3 Å². The number of carbonyl (C=O) groups is 1. The Morgan fingerprint density at radius 1 is 1.23 bits per heavy atom. The quantitative estimate of drug-likeness (QED) is 0.558. The second-order valence-corrected chi connectivity index (χ2v) is 7.13. The van der Waals surface area contributed by atoms with Crippen LogP contribution in [-0.2, 0) is 11.8 Å². The van der Waals surface area contributed by atoms with Gasteiger partial charge in [0.2, 0.25) is 5.91 Å².